The van der Waals surface area contributed by atoms with Crippen LogP contribution >= 0.6 is 15.9 Å². The van der Waals surface area contributed by atoms with Crippen LogP contribution in [0.1, 0.15) is 32.1 Å². The average molecular weight is 246 g/mol. The molecule has 1 aliphatic heterocycles. The second kappa shape index (κ2) is 3.99. The molecule has 0 N–H and O–H groups in total. The van der Waals surface area contributed by atoms with Crippen LogP contribution in [0.15, 0.2) is 0 Å². The number of rotatable bonds is 1. The zero-order chi connectivity index (χ0) is 9.26. The first-order valence-electron chi connectivity index (χ1n) is 5.20. The molecule has 0 radical (unpaired) electrons. The Morgan fingerprint density at radius 3 is 2.54 bits per heavy atom. The smallest absolute Gasteiger partial charge is 0.225 e. The molecular weight excluding hydrogens is 230 g/mol. The lowest BCUT2D eigenvalue weighted by Crippen LogP contribution is -2.44. The van der Waals surface area contributed by atoms with Crippen molar-refractivity contribution in [1.82, 2.24) is 4.90 Å². The monoisotopic (exact) mass is 245 g/mol. The predicted octanol–water partition coefficient (Wildman–Crippen LogP) is 2.17. The maximum absolute atomic E-state index is 11.8. The molecule has 0 spiro atoms. The van der Waals surface area contributed by atoms with Crippen molar-refractivity contribution in [2.75, 3.05) is 13.1 Å². The molecule has 2 aliphatic rings. The molecule has 0 bridgehead atoms. The molecule has 1 amide bonds. The fourth-order valence-corrected chi connectivity index (χ4v) is 2.71. The van der Waals surface area contributed by atoms with Crippen molar-refractivity contribution < 1.29 is 4.79 Å². The minimum atomic E-state index is 0.373. The van der Waals surface area contributed by atoms with Gasteiger partial charge in [0.25, 0.3) is 0 Å². The minimum absolute atomic E-state index is 0.373. The topological polar surface area (TPSA) is 20.3 Å². The van der Waals surface area contributed by atoms with Gasteiger partial charge < -0.3 is 4.90 Å². The number of nitrogens with zero attached hydrogens (tertiary/aromatic N) is 1. The number of carbonyl (C=O) groups is 1. The van der Waals surface area contributed by atoms with Crippen LogP contribution in [0.3, 0.4) is 0 Å². The van der Waals surface area contributed by atoms with E-state index in [9.17, 15) is 4.79 Å². The first kappa shape index (κ1) is 9.50. The summed E-state index contributed by atoms with van der Waals surface area (Å²) >= 11 is 3.59. The highest BCUT2D eigenvalue weighted by atomic mass is 79.9. The van der Waals surface area contributed by atoms with E-state index < -0.39 is 0 Å². The van der Waals surface area contributed by atoms with E-state index in [0.717, 1.165) is 32.4 Å². The number of alkyl halides is 1. The van der Waals surface area contributed by atoms with E-state index in [4.69, 9.17) is 0 Å². The highest BCUT2D eigenvalue weighted by Crippen LogP contribution is 2.29. The summed E-state index contributed by atoms with van der Waals surface area (Å²) in [6, 6.07) is 0. The van der Waals surface area contributed by atoms with Crippen molar-refractivity contribution in [2.24, 2.45) is 5.92 Å². The summed E-state index contributed by atoms with van der Waals surface area (Å²) in [5.41, 5.74) is 0. The number of piperidine rings is 1. The molecule has 1 saturated carbocycles. The molecule has 1 aliphatic carbocycles. The van der Waals surface area contributed by atoms with Crippen LogP contribution in [0.5, 0.6) is 0 Å². The second-order valence-electron chi connectivity index (χ2n) is 4.15. The van der Waals surface area contributed by atoms with Gasteiger partial charge in [-0.2, -0.15) is 0 Å². The van der Waals surface area contributed by atoms with Crippen LogP contribution in [-0.2, 0) is 4.79 Å². The molecule has 3 heteroatoms. The van der Waals surface area contributed by atoms with E-state index in [0.29, 0.717) is 16.7 Å². The van der Waals surface area contributed by atoms with Crippen molar-refractivity contribution in [3.8, 4) is 0 Å². The SMILES string of the molecule is O=C(C1CCC1)N1CCCC(Br)C1. The van der Waals surface area contributed by atoms with Crippen LogP contribution in [0.2, 0.25) is 0 Å². The van der Waals surface area contributed by atoms with Gasteiger partial charge in [0, 0.05) is 23.8 Å². The summed E-state index contributed by atoms with van der Waals surface area (Å²) in [6.07, 6.45) is 5.88. The van der Waals surface area contributed by atoms with Gasteiger partial charge in [-0.1, -0.05) is 22.4 Å². The molecular formula is C10H16BrNO. The molecule has 1 unspecified atom stereocenters. The van der Waals surface area contributed by atoms with Gasteiger partial charge in [-0.25, -0.2) is 0 Å². The van der Waals surface area contributed by atoms with Crippen molar-refractivity contribution in [3.63, 3.8) is 0 Å². The Labute approximate surface area is 87.8 Å². The van der Waals surface area contributed by atoms with Crippen LogP contribution in [0.4, 0.5) is 0 Å². The largest absolute Gasteiger partial charge is 0.341 e. The Balaban J connectivity index is 1.87. The Bertz CT molecular complexity index is 203. The van der Waals surface area contributed by atoms with E-state index in [1.165, 1.54) is 12.8 Å². The third-order valence-electron chi connectivity index (χ3n) is 3.13. The highest BCUT2D eigenvalue weighted by Gasteiger charge is 2.31. The third-order valence-corrected chi connectivity index (χ3v) is 3.88. The van der Waals surface area contributed by atoms with Crippen molar-refractivity contribution in [3.05, 3.63) is 0 Å². The molecule has 1 heterocycles. The zero-order valence-corrected chi connectivity index (χ0v) is 9.42. The van der Waals surface area contributed by atoms with E-state index >= 15 is 0 Å². The quantitative estimate of drug-likeness (QED) is 0.649. The summed E-state index contributed by atoms with van der Waals surface area (Å²) in [5.74, 6) is 0.785. The molecule has 2 fully saturated rings. The minimum Gasteiger partial charge on any atom is -0.341 e. The van der Waals surface area contributed by atoms with Gasteiger partial charge in [0.1, 0.15) is 0 Å². The number of hydrogen-bond donors (Lipinski definition) is 0. The average Bonchev–Trinajstić information content (AvgIpc) is 2.01. The third kappa shape index (κ3) is 2.06. The van der Waals surface area contributed by atoms with Crippen LogP contribution in [0, 0.1) is 5.92 Å². The van der Waals surface area contributed by atoms with E-state index in [2.05, 4.69) is 15.9 Å². The van der Waals surface area contributed by atoms with Gasteiger partial charge in [-0.15, -0.1) is 0 Å². The number of hydrogen-bond acceptors (Lipinski definition) is 1. The Morgan fingerprint density at radius 2 is 2.00 bits per heavy atom. The van der Waals surface area contributed by atoms with Crippen LogP contribution in [0.25, 0.3) is 0 Å². The van der Waals surface area contributed by atoms with E-state index in [1.54, 1.807) is 0 Å². The molecule has 0 aromatic heterocycles. The van der Waals surface area contributed by atoms with Crippen LogP contribution in [-0.4, -0.2) is 28.7 Å². The lowest BCUT2D eigenvalue weighted by Gasteiger charge is -2.35. The molecule has 74 valence electrons. The van der Waals surface area contributed by atoms with Gasteiger partial charge >= 0.3 is 0 Å². The molecule has 0 aromatic carbocycles. The number of carbonyl (C=O) groups excluding carboxylic acids is 1. The number of amides is 1. The molecule has 0 aromatic rings. The van der Waals surface area contributed by atoms with Crippen molar-refractivity contribution in [2.45, 2.75) is 36.9 Å². The first-order valence-corrected chi connectivity index (χ1v) is 6.12. The van der Waals surface area contributed by atoms with Crippen molar-refractivity contribution in [1.29, 1.82) is 0 Å². The van der Waals surface area contributed by atoms with Crippen molar-refractivity contribution >= 4 is 21.8 Å². The van der Waals surface area contributed by atoms with Crippen LogP contribution < -0.4 is 0 Å². The van der Waals surface area contributed by atoms with Gasteiger partial charge in [-0.3, -0.25) is 4.79 Å². The highest BCUT2D eigenvalue weighted by molar-refractivity contribution is 9.09. The Hall–Kier alpha value is -0.0500. The maximum Gasteiger partial charge on any atom is 0.225 e. The molecule has 2 rings (SSSR count). The summed E-state index contributed by atoms with van der Waals surface area (Å²) in [4.78, 5) is 14.4. The predicted molar refractivity (Wildman–Crippen MR) is 55.9 cm³/mol. The summed E-state index contributed by atoms with van der Waals surface area (Å²) < 4.78 is 0. The Morgan fingerprint density at radius 1 is 1.23 bits per heavy atom. The summed E-state index contributed by atoms with van der Waals surface area (Å²) in [7, 11) is 0. The Kier molecular flexibility index (Phi) is 2.92. The summed E-state index contributed by atoms with van der Waals surface area (Å²) in [6.45, 7) is 1.91. The second-order valence-corrected chi connectivity index (χ2v) is 5.45. The lowest BCUT2D eigenvalue weighted by atomic mass is 9.84. The molecule has 1 atom stereocenters. The van der Waals surface area contributed by atoms with E-state index in [1.807, 2.05) is 4.90 Å². The van der Waals surface area contributed by atoms with E-state index in [-0.39, 0.29) is 0 Å². The van der Waals surface area contributed by atoms with Gasteiger partial charge in [-0.05, 0) is 25.7 Å². The maximum atomic E-state index is 11.8. The lowest BCUT2D eigenvalue weighted by molar-refractivity contribution is -0.138. The fourth-order valence-electron chi connectivity index (χ4n) is 2.04. The number of likely N-dealkylation sites (tertiary alicyclic amines) is 1. The molecule has 2 nitrogen and oxygen atoms in total. The zero-order valence-electron chi connectivity index (χ0n) is 7.84. The normalized spacial score (nSPS) is 29.9. The number of halogens is 1. The van der Waals surface area contributed by atoms with Gasteiger partial charge in [0.05, 0.1) is 0 Å². The molecule has 1 saturated heterocycles. The standard InChI is InChI=1S/C10H16BrNO/c11-9-5-2-6-12(7-9)10(13)8-3-1-4-8/h8-9H,1-7H2. The first-order chi connectivity index (χ1) is 6.27. The fraction of sp³-hybridized carbons (Fsp3) is 0.900. The molecule has 13 heavy (non-hydrogen) atoms. The van der Waals surface area contributed by atoms with Gasteiger partial charge in [0.15, 0.2) is 0 Å². The van der Waals surface area contributed by atoms with Gasteiger partial charge in [0.2, 0.25) is 5.91 Å². The summed E-state index contributed by atoms with van der Waals surface area (Å²) in [5, 5.41) is 0.